The van der Waals surface area contributed by atoms with Crippen molar-refractivity contribution in [1.82, 2.24) is 4.57 Å². The van der Waals surface area contributed by atoms with Gasteiger partial charge >= 0.3 is 0 Å². The lowest BCUT2D eigenvalue weighted by Crippen LogP contribution is -3.00. The van der Waals surface area contributed by atoms with Crippen molar-refractivity contribution in [2.45, 2.75) is 64.2 Å². The van der Waals surface area contributed by atoms with Crippen LogP contribution in [0, 0.1) is 0 Å². The molecule has 0 aliphatic heterocycles. The monoisotopic (exact) mass is 880 g/mol. The van der Waals surface area contributed by atoms with Crippen molar-refractivity contribution in [3.63, 3.8) is 0 Å². The van der Waals surface area contributed by atoms with E-state index in [1.165, 1.54) is 73.4 Å². The number of benzene rings is 5. The fourth-order valence-corrected chi connectivity index (χ4v) is 12.2. The minimum Gasteiger partial charge on any atom is -1.00 e. The second-order valence-electron chi connectivity index (χ2n) is 14.0. The minimum atomic E-state index is -1.72. The molecule has 6 rings (SSSR count). The number of rotatable bonds is 19. The van der Waals surface area contributed by atoms with Crippen LogP contribution in [0.3, 0.4) is 0 Å². The number of hydrogen-bond donors (Lipinski definition) is 1. The van der Waals surface area contributed by atoms with Crippen LogP contribution < -0.4 is 48.5 Å². The summed E-state index contributed by atoms with van der Waals surface area (Å²) in [5, 5.41) is 8.09. The number of carbonyl (C=O) groups is 1. The van der Waals surface area contributed by atoms with Gasteiger partial charge in [-0.3, -0.25) is 9.59 Å². The third-order valence-corrected chi connectivity index (χ3v) is 15.3. The molecule has 1 heterocycles. The molecule has 286 valence electrons. The Morgan fingerprint density at radius 1 is 0.636 bits per heavy atom. The number of amides is 1. The molecule has 6 aromatic rings. The van der Waals surface area contributed by atoms with Crippen molar-refractivity contribution in [3.05, 3.63) is 160 Å². The van der Waals surface area contributed by atoms with Gasteiger partial charge in [-0.05, 0) is 104 Å². The van der Waals surface area contributed by atoms with Crippen LogP contribution in [0.5, 0.6) is 5.75 Å². The molecule has 0 fully saturated rings. The van der Waals surface area contributed by atoms with E-state index in [0.717, 1.165) is 34.0 Å². The number of halogens is 2. The summed E-state index contributed by atoms with van der Waals surface area (Å²) in [4.78, 5) is 25.8. The predicted octanol–water partition coefficient (Wildman–Crippen LogP) is 7.83. The molecule has 0 spiro atoms. The molecule has 5 aromatic carbocycles. The van der Waals surface area contributed by atoms with Gasteiger partial charge in [-0.1, -0.05) is 115 Å². The standard InChI is InChI=1S/C47H50BrN2O3P.BrH/c1-50-45-32-29-39(48)35-38(45)36-44(47(50)52)49-46(51)37-27-30-40(31-28-37)53-33-19-8-6-4-2-3-5-7-9-20-34-54(41-21-13-10-14-22-41,42-23-15-11-16-24-42)43-25-17-12-18-26-43;/h10-18,21-32,35-36H,2-9,19-20,33-34H2,1H3;1H. The Morgan fingerprint density at radius 2 is 1.13 bits per heavy atom. The van der Waals surface area contributed by atoms with Crippen molar-refractivity contribution >= 4 is 61.6 Å². The summed E-state index contributed by atoms with van der Waals surface area (Å²) >= 11 is 3.48. The molecule has 0 aliphatic rings. The summed E-state index contributed by atoms with van der Waals surface area (Å²) in [6, 6.07) is 48.2. The summed E-state index contributed by atoms with van der Waals surface area (Å²) in [5.41, 5.74) is 1.27. The number of carbonyl (C=O) groups excluding carboxylic acids is 1. The van der Waals surface area contributed by atoms with Crippen molar-refractivity contribution in [3.8, 4) is 5.75 Å². The number of nitrogens with one attached hydrogen (secondary N) is 1. The second kappa shape index (κ2) is 21.3. The first-order valence-electron chi connectivity index (χ1n) is 19.3. The van der Waals surface area contributed by atoms with Gasteiger partial charge in [0.1, 0.15) is 34.6 Å². The summed E-state index contributed by atoms with van der Waals surface area (Å²) in [7, 11) is -0.0116. The van der Waals surface area contributed by atoms with Gasteiger partial charge in [-0.15, -0.1) is 0 Å². The van der Waals surface area contributed by atoms with Crippen LogP contribution in [-0.2, 0) is 7.05 Å². The van der Waals surface area contributed by atoms with Crippen LogP contribution in [0.15, 0.2) is 149 Å². The molecule has 0 unspecified atom stereocenters. The first kappa shape index (κ1) is 42.1. The van der Waals surface area contributed by atoms with Crippen LogP contribution in [-0.4, -0.2) is 23.2 Å². The number of pyridine rings is 1. The smallest absolute Gasteiger partial charge is 0.274 e. The Kier molecular flexibility index (Phi) is 16.3. The van der Waals surface area contributed by atoms with Gasteiger partial charge in [0.15, 0.2) is 0 Å². The summed E-state index contributed by atoms with van der Waals surface area (Å²) in [6.45, 7) is 0.660. The van der Waals surface area contributed by atoms with E-state index >= 15 is 0 Å². The van der Waals surface area contributed by atoms with Crippen LogP contribution in [0.25, 0.3) is 10.9 Å². The SMILES string of the molecule is Cn1c(=O)c(NC(=O)c2ccc(OCCCCCCCCCCCC[P+](c3ccccc3)(c3ccccc3)c3ccccc3)cc2)cc2cc(Br)ccc21.[Br-]. The topological polar surface area (TPSA) is 60.3 Å². The average molecular weight is 883 g/mol. The van der Waals surface area contributed by atoms with Gasteiger partial charge in [-0.2, -0.15) is 0 Å². The third-order valence-electron chi connectivity index (χ3n) is 10.3. The highest BCUT2D eigenvalue weighted by Crippen LogP contribution is 2.56. The van der Waals surface area contributed by atoms with Crippen molar-refractivity contribution in [1.29, 1.82) is 0 Å². The van der Waals surface area contributed by atoms with E-state index in [4.69, 9.17) is 4.74 Å². The van der Waals surface area contributed by atoms with Gasteiger partial charge in [-0.25, -0.2) is 0 Å². The lowest BCUT2D eigenvalue weighted by molar-refractivity contribution is -0.0000187. The van der Waals surface area contributed by atoms with Crippen LogP contribution in [0.2, 0.25) is 0 Å². The molecule has 5 nitrogen and oxygen atoms in total. The summed E-state index contributed by atoms with van der Waals surface area (Å²) in [6.07, 6.45) is 13.6. The number of aryl methyl sites for hydroxylation is 1. The molecular formula is C47H51Br2N2O3P. The maximum absolute atomic E-state index is 12.9. The van der Waals surface area contributed by atoms with Crippen molar-refractivity contribution < 1.29 is 26.5 Å². The molecule has 1 aromatic heterocycles. The zero-order valence-corrected chi connectivity index (χ0v) is 35.7. The van der Waals surface area contributed by atoms with E-state index in [2.05, 4.69) is 112 Å². The zero-order chi connectivity index (χ0) is 37.6. The molecule has 0 bridgehead atoms. The number of ether oxygens (including phenoxy) is 1. The van der Waals surface area contributed by atoms with Crippen LogP contribution >= 0.6 is 23.2 Å². The molecule has 0 radical (unpaired) electrons. The highest BCUT2D eigenvalue weighted by Gasteiger charge is 2.44. The normalized spacial score (nSPS) is 11.2. The quantitative estimate of drug-likeness (QED) is 0.0667. The Bertz CT molecular complexity index is 2050. The number of nitrogens with zero attached hydrogens (tertiary/aromatic N) is 1. The van der Waals surface area contributed by atoms with Crippen LogP contribution in [0.1, 0.15) is 74.6 Å². The van der Waals surface area contributed by atoms with E-state index in [1.54, 1.807) is 29.8 Å². The summed E-state index contributed by atoms with van der Waals surface area (Å²) < 4.78 is 8.41. The van der Waals surface area contributed by atoms with Gasteiger partial charge in [0.25, 0.3) is 11.5 Å². The molecule has 0 saturated heterocycles. The molecule has 0 saturated carbocycles. The van der Waals surface area contributed by atoms with E-state index in [0.29, 0.717) is 12.2 Å². The molecular weight excluding hydrogens is 831 g/mol. The van der Waals surface area contributed by atoms with Crippen molar-refractivity contribution in [2.24, 2.45) is 7.05 Å². The minimum absolute atomic E-state index is 0. The Balaban J connectivity index is 0.00000580. The predicted molar refractivity (Wildman–Crippen MR) is 233 cm³/mol. The van der Waals surface area contributed by atoms with E-state index in [1.807, 2.05) is 30.3 Å². The lowest BCUT2D eigenvalue weighted by Gasteiger charge is -2.27. The molecule has 8 heteroatoms. The molecule has 55 heavy (non-hydrogen) atoms. The highest BCUT2D eigenvalue weighted by molar-refractivity contribution is 9.10. The zero-order valence-electron chi connectivity index (χ0n) is 31.6. The lowest BCUT2D eigenvalue weighted by atomic mass is 10.1. The number of hydrogen-bond acceptors (Lipinski definition) is 3. The number of aromatic nitrogens is 1. The fraction of sp³-hybridized carbons (Fsp3) is 0.277. The number of anilines is 1. The summed E-state index contributed by atoms with van der Waals surface area (Å²) in [5.74, 6) is 0.416. The fourth-order valence-electron chi connectivity index (χ4n) is 7.38. The second-order valence-corrected chi connectivity index (χ2v) is 18.6. The molecule has 0 aliphatic carbocycles. The molecule has 0 atom stereocenters. The third kappa shape index (κ3) is 11.1. The Morgan fingerprint density at radius 3 is 1.65 bits per heavy atom. The first-order chi connectivity index (χ1) is 26.5. The first-order valence-corrected chi connectivity index (χ1v) is 22.1. The van der Waals surface area contributed by atoms with Crippen molar-refractivity contribution in [2.75, 3.05) is 18.1 Å². The largest absolute Gasteiger partial charge is 1.00 e. The number of fused-ring (bicyclic) bond motifs is 1. The molecule has 1 amide bonds. The van der Waals surface area contributed by atoms with Gasteiger partial charge in [0.2, 0.25) is 0 Å². The Labute approximate surface area is 345 Å². The molecule has 1 N–H and O–H groups in total. The average Bonchev–Trinajstić information content (AvgIpc) is 3.21. The van der Waals surface area contributed by atoms with Gasteiger partial charge < -0.3 is 31.6 Å². The van der Waals surface area contributed by atoms with E-state index in [-0.39, 0.29) is 34.1 Å². The van der Waals surface area contributed by atoms with Gasteiger partial charge in [0.05, 0.1) is 18.3 Å². The Hall–Kier alpha value is -4.03. The van der Waals surface area contributed by atoms with E-state index in [9.17, 15) is 9.59 Å². The number of unbranched alkanes of at least 4 members (excludes halogenated alkanes) is 9. The van der Waals surface area contributed by atoms with Crippen LogP contribution in [0.4, 0.5) is 5.69 Å². The van der Waals surface area contributed by atoms with Gasteiger partial charge in [0, 0.05) is 22.5 Å². The maximum Gasteiger partial charge on any atom is 0.274 e. The maximum atomic E-state index is 12.9. The van der Waals surface area contributed by atoms with E-state index < -0.39 is 7.26 Å². The highest BCUT2D eigenvalue weighted by atomic mass is 79.9.